The maximum Gasteiger partial charge on any atom is 0.417 e. The van der Waals surface area contributed by atoms with Gasteiger partial charge in [0, 0.05) is 18.2 Å². The van der Waals surface area contributed by atoms with Gasteiger partial charge in [0.2, 0.25) is 0 Å². The van der Waals surface area contributed by atoms with E-state index in [-0.39, 0.29) is 11.1 Å². The van der Waals surface area contributed by atoms with Crippen LogP contribution in [0.4, 0.5) is 13.2 Å². The van der Waals surface area contributed by atoms with Crippen LogP contribution in [-0.4, -0.2) is 61.0 Å². The van der Waals surface area contributed by atoms with E-state index >= 15 is 0 Å². The number of hydrogen-bond donors (Lipinski definition) is 1. The van der Waals surface area contributed by atoms with Crippen molar-refractivity contribution in [3.05, 3.63) is 59.2 Å². The van der Waals surface area contributed by atoms with Crippen molar-refractivity contribution in [2.24, 2.45) is 0 Å². The Labute approximate surface area is 206 Å². The molecule has 0 spiro atoms. The standard InChI is InChI=1S/C28H36F3N3O/c1-21-6-8-22(9-7-21)25-11-10-23(20-26(25)28(29,30)31)27(35)32-14-5-15-33-18-12-24(13-19-33)34-16-3-2-4-17-34/h6-11,20,24H,2-5,12-19H2,1H3,(H,32,35). The molecule has 0 atom stereocenters. The lowest BCUT2D eigenvalue weighted by Gasteiger charge is -2.40. The molecule has 0 saturated carbocycles. The van der Waals surface area contributed by atoms with Crippen molar-refractivity contribution in [2.75, 3.05) is 39.3 Å². The Kier molecular flexibility index (Phi) is 8.50. The van der Waals surface area contributed by atoms with Crippen LogP contribution in [-0.2, 0) is 6.18 Å². The second-order valence-corrected chi connectivity index (χ2v) is 9.90. The molecule has 7 heteroatoms. The van der Waals surface area contributed by atoms with Gasteiger partial charge in [-0.25, -0.2) is 0 Å². The van der Waals surface area contributed by atoms with Crippen molar-refractivity contribution in [2.45, 2.75) is 57.7 Å². The molecule has 2 aliphatic rings. The molecule has 0 radical (unpaired) electrons. The molecule has 1 N–H and O–H groups in total. The fourth-order valence-corrected chi connectivity index (χ4v) is 5.30. The van der Waals surface area contributed by atoms with Crippen molar-refractivity contribution >= 4 is 5.91 Å². The summed E-state index contributed by atoms with van der Waals surface area (Å²) in [6.45, 7) is 7.85. The first kappa shape index (κ1) is 25.7. The normalized spacial score (nSPS) is 18.5. The molecule has 2 aliphatic heterocycles. The van der Waals surface area contributed by atoms with E-state index in [2.05, 4.69) is 15.1 Å². The van der Waals surface area contributed by atoms with Gasteiger partial charge in [0.25, 0.3) is 5.91 Å². The van der Waals surface area contributed by atoms with Crippen LogP contribution in [0.2, 0.25) is 0 Å². The highest BCUT2D eigenvalue weighted by molar-refractivity contribution is 5.95. The van der Waals surface area contributed by atoms with Crippen molar-refractivity contribution in [3.63, 3.8) is 0 Å². The molecule has 0 unspecified atom stereocenters. The number of nitrogens with one attached hydrogen (secondary N) is 1. The van der Waals surface area contributed by atoms with Gasteiger partial charge in [0.15, 0.2) is 0 Å². The molecule has 2 fully saturated rings. The summed E-state index contributed by atoms with van der Waals surface area (Å²) in [5.74, 6) is -0.463. The maximum atomic E-state index is 13.8. The van der Waals surface area contributed by atoms with Gasteiger partial charge < -0.3 is 15.1 Å². The van der Waals surface area contributed by atoms with Crippen molar-refractivity contribution < 1.29 is 18.0 Å². The van der Waals surface area contributed by atoms with E-state index in [1.54, 1.807) is 24.3 Å². The van der Waals surface area contributed by atoms with Crippen LogP contribution in [0.15, 0.2) is 42.5 Å². The van der Waals surface area contributed by atoms with Gasteiger partial charge in [-0.2, -0.15) is 13.2 Å². The predicted octanol–water partition coefficient (Wildman–Crippen LogP) is 5.75. The number of likely N-dealkylation sites (tertiary alicyclic amines) is 2. The average molecular weight is 488 g/mol. The molecular weight excluding hydrogens is 451 g/mol. The summed E-state index contributed by atoms with van der Waals surface area (Å²) in [5, 5.41) is 2.80. The Morgan fingerprint density at radius 1 is 0.971 bits per heavy atom. The molecule has 1 amide bonds. The summed E-state index contributed by atoms with van der Waals surface area (Å²) < 4.78 is 41.3. The molecule has 0 aromatic heterocycles. The predicted molar refractivity (Wildman–Crippen MR) is 133 cm³/mol. The van der Waals surface area contributed by atoms with Gasteiger partial charge in [0.05, 0.1) is 5.56 Å². The maximum absolute atomic E-state index is 13.8. The molecule has 0 bridgehead atoms. The van der Waals surface area contributed by atoms with Crippen molar-refractivity contribution in [3.8, 4) is 11.1 Å². The van der Waals surface area contributed by atoms with Gasteiger partial charge in [-0.15, -0.1) is 0 Å². The third-order valence-electron chi connectivity index (χ3n) is 7.35. The topological polar surface area (TPSA) is 35.6 Å². The second kappa shape index (κ2) is 11.6. The van der Waals surface area contributed by atoms with Gasteiger partial charge in [0.1, 0.15) is 0 Å². The van der Waals surface area contributed by atoms with Crippen LogP contribution in [0.5, 0.6) is 0 Å². The number of alkyl halides is 3. The van der Waals surface area contributed by atoms with E-state index in [0.29, 0.717) is 18.2 Å². The first-order valence-corrected chi connectivity index (χ1v) is 12.8. The lowest BCUT2D eigenvalue weighted by atomic mass is 9.96. The zero-order valence-electron chi connectivity index (χ0n) is 20.5. The third-order valence-corrected chi connectivity index (χ3v) is 7.35. The number of nitrogens with zero attached hydrogens (tertiary/aromatic N) is 2. The number of amides is 1. The van der Waals surface area contributed by atoms with Crippen LogP contribution in [0, 0.1) is 6.92 Å². The summed E-state index contributed by atoms with van der Waals surface area (Å²) >= 11 is 0. The van der Waals surface area contributed by atoms with Gasteiger partial charge >= 0.3 is 6.18 Å². The van der Waals surface area contributed by atoms with Crippen LogP contribution >= 0.6 is 0 Å². The van der Waals surface area contributed by atoms with E-state index in [9.17, 15) is 18.0 Å². The molecule has 190 valence electrons. The molecule has 2 heterocycles. The Morgan fingerprint density at radius 3 is 2.31 bits per heavy atom. The lowest BCUT2D eigenvalue weighted by molar-refractivity contribution is -0.137. The Hall–Kier alpha value is -2.38. The molecule has 35 heavy (non-hydrogen) atoms. The number of piperidine rings is 2. The summed E-state index contributed by atoms with van der Waals surface area (Å²) in [5.41, 5.74) is 0.798. The van der Waals surface area contributed by atoms with E-state index in [1.807, 2.05) is 6.92 Å². The van der Waals surface area contributed by atoms with Gasteiger partial charge in [-0.3, -0.25) is 4.79 Å². The highest BCUT2D eigenvalue weighted by Gasteiger charge is 2.34. The van der Waals surface area contributed by atoms with E-state index in [4.69, 9.17) is 0 Å². The first-order chi connectivity index (χ1) is 16.8. The molecule has 0 aliphatic carbocycles. The lowest BCUT2D eigenvalue weighted by Crippen LogP contribution is -2.47. The summed E-state index contributed by atoms with van der Waals surface area (Å²) in [7, 11) is 0. The van der Waals surface area contributed by atoms with Gasteiger partial charge in [-0.1, -0.05) is 42.3 Å². The Balaban J connectivity index is 1.27. The highest BCUT2D eigenvalue weighted by Crippen LogP contribution is 2.37. The van der Waals surface area contributed by atoms with E-state index < -0.39 is 17.6 Å². The number of hydrogen-bond acceptors (Lipinski definition) is 3. The van der Waals surface area contributed by atoms with Crippen molar-refractivity contribution in [1.82, 2.24) is 15.1 Å². The molecule has 2 aromatic carbocycles. The fraction of sp³-hybridized carbons (Fsp3) is 0.536. The first-order valence-electron chi connectivity index (χ1n) is 12.8. The number of halogens is 3. The van der Waals surface area contributed by atoms with Crippen LogP contribution in [0.3, 0.4) is 0 Å². The minimum atomic E-state index is -4.54. The number of rotatable bonds is 7. The molecule has 4 nitrogen and oxygen atoms in total. The Morgan fingerprint density at radius 2 is 1.66 bits per heavy atom. The smallest absolute Gasteiger partial charge is 0.352 e. The Bertz CT molecular complexity index is 976. The van der Waals surface area contributed by atoms with E-state index in [0.717, 1.165) is 37.7 Å². The summed E-state index contributed by atoms with van der Waals surface area (Å²) in [6, 6.07) is 11.5. The minimum absolute atomic E-state index is 0.0375. The highest BCUT2D eigenvalue weighted by atomic mass is 19.4. The number of aryl methyl sites for hydroxylation is 1. The summed E-state index contributed by atoms with van der Waals surface area (Å²) in [4.78, 5) is 17.7. The zero-order valence-corrected chi connectivity index (χ0v) is 20.5. The number of carbonyl (C=O) groups excluding carboxylic acids is 1. The molecule has 2 aromatic rings. The SMILES string of the molecule is Cc1ccc(-c2ccc(C(=O)NCCCN3CCC(N4CCCCC4)CC3)cc2C(F)(F)F)cc1. The second-order valence-electron chi connectivity index (χ2n) is 9.90. The quantitative estimate of drug-likeness (QED) is 0.505. The number of benzene rings is 2. The monoisotopic (exact) mass is 487 g/mol. The molecule has 2 saturated heterocycles. The van der Waals surface area contributed by atoms with Crippen LogP contribution in [0.25, 0.3) is 11.1 Å². The third kappa shape index (κ3) is 6.85. The summed E-state index contributed by atoms with van der Waals surface area (Å²) in [6.07, 6.45) is 2.62. The largest absolute Gasteiger partial charge is 0.417 e. The van der Waals surface area contributed by atoms with Crippen molar-refractivity contribution in [1.29, 1.82) is 0 Å². The number of carbonyl (C=O) groups is 1. The van der Waals surface area contributed by atoms with Crippen LogP contribution < -0.4 is 5.32 Å². The fourth-order valence-electron chi connectivity index (χ4n) is 5.30. The van der Waals surface area contributed by atoms with Gasteiger partial charge in [-0.05, 0) is 95.0 Å². The zero-order chi connectivity index (χ0) is 24.8. The average Bonchev–Trinajstić information content (AvgIpc) is 2.87. The molecule has 4 rings (SSSR count). The van der Waals surface area contributed by atoms with E-state index in [1.165, 1.54) is 57.3 Å². The van der Waals surface area contributed by atoms with Crippen LogP contribution in [0.1, 0.15) is 60.0 Å². The minimum Gasteiger partial charge on any atom is -0.352 e. The molecular formula is C28H36F3N3O.